The molecular formula is C26H22N2O5. The monoisotopic (exact) mass is 442 g/mol. The van der Waals surface area contributed by atoms with E-state index in [9.17, 15) is 10.1 Å². The third-order valence-corrected chi connectivity index (χ3v) is 5.08. The number of hydrogen-bond acceptors (Lipinski definition) is 6. The Balaban J connectivity index is 1.39. The van der Waals surface area contributed by atoms with Crippen LogP contribution >= 0.6 is 0 Å². The molecule has 7 heteroatoms. The number of ether oxygens (including phenoxy) is 2. The zero-order valence-electron chi connectivity index (χ0n) is 18.0. The zero-order chi connectivity index (χ0) is 23.0. The third kappa shape index (κ3) is 5.46. The fourth-order valence-electron chi connectivity index (χ4n) is 3.43. The third-order valence-electron chi connectivity index (χ3n) is 5.08. The minimum atomic E-state index is -0.442. The predicted molar refractivity (Wildman–Crippen MR) is 127 cm³/mol. The number of nitrogens with zero attached hydrogens (tertiary/aromatic N) is 2. The maximum atomic E-state index is 10.9. The predicted octanol–water partition coefficient (Wildman–Crippen LogP) is 5.89. The summed E-state index contributed by atoms with van der Waals surface area (Å²) < 4.78 is 11.5. The van der Waals surface area contributed by atoms with Crippen molar-refractivity contribution in [2.75, 3.05) is 7.11 Å². The summed E-state index contributed by atoms with van der Waals surface area (Å²) in [7, 11) is 1.58. The Kier molecular flexibility index (Phi) is 6.80. The lowest BCUT2D eigenvalue weighted by molar-refractivity contribution is -0.384. The summed E-state index contributed by atoms with van der Waals surface area (Å²) in [5.74, 6) is 1.21. The quantitative estimate of drug-likeness (QED) is 0.183. The largest absolute Gasteiger partial charge is 0.493 e. The van der Waals surface area contributed by atoms with E-state index in [1.807, 2.05) is 30.3 Å². The van der Waals surface area contributed by atoms with Crippen molar-refractivity contribution in [2.24, 2.45) is 5.16 Å². The van der Waals surface area contributed by atoms with Gasteiger partial charge in [-0.3, -0.25) is 10.1 Å². The SMILES string of the molecule is COc1cc(/C=N\OCc2cccc([N+](=O)[O-])c2)ccc1OCc1cccc2ccccc12. The topological polar surface area (TPSA) is 83.2 Å². The molecule has 0 saturated carbocycles. The van der Waals surface area contributed by atoms with Crippen LogP contribution < -0.4 is 9.47 Å². The van der Waals surface area contributed by atoms with Gasteiger partial charge in [-0.2, -0.15) is 0 Å². The summed E-state index contributed by atoms with van der Waals surface area (Å²) in [5, 5.41) is 17.1. The molecule has 7 nitrogen and oxygen atoms in total. The highest BCUT2D eigenvalue weighted by molar-refractivity contribution is 5.85. The van der Waals surface area contributed by atoms with E-state index in [1.54, 1.807) is 31.5 Å². The van der Waals surface area contributed by atoms with Gasteiger partial charge in [0.1, 0.15) is 13.2 Å². The van der Waals surface area contributed by atoms with E-state index in [1.165, 1.54) is 17.5 Å². The summed E-state index contributed by atoms with van der Waals surface area (Å²) in [4.78, 5) is 15.7. The van der Waals surface area contributed by atoms with Gasteiger partial charge in [-0.15, -0.1) is 0 Å². The number of nitro groups is 1. The average molecular weight is 442 g/mol. The molecule has 0 atom stereocenters. The second-order valence-electron chi connectivity index (χ2n) is 7.27. The van der Waals surface area contributed by atoms with Crippen molar-refractivity contribution in [1.29, 1.82) is 0 Å². The van der Waals surface area contributed by atoms with E-state index in [2.05, 4.69) is 29.4 Å². The molecule has 33 heavy (non-hydrogen) atoms. The van der Waals surface area contributed by atoms with Gasteiger partial charge in [0, 0.05) is 17.7 Å². The second-order valence-corrected chi connectivity index (χ2v) is 7.27. The second kappa shape index (κ2) is 10.3. The molecule has 0 radical (unpaired) electrons. The van der Waals surface area contributed by atoms with Crippen LogP contribution in [0.3, 0.4) is 0 Å². The van der Waals surface area contributed by atoms with Crippen molar-refractivity contribution in [1.82, 2.24) is 0 Å². The van der Waals surface area contributed by atoms with Crippen molar-refractivity contribution < 1.29 is 19.2 Å². The Morgan fingerprint density at radius 3 is 2.58 bits per heavy atom. The summed E-state index contributed by atoms with van der Waals surface area (Å²) in [5.41, 5.74) is 2.54. The fourth-order valence-corrected chi connectivity index (χ4v) is 3.43. The minimum absolute atomic E-state index is 0.0175. The zero-order valence-corrected chi connectivity index (χ0v) is 18.0. The smallest absolute Gasteiger partial charge is 0.269 e. The van der Waals surface area contributed by atoms with Gasteiger partial charge >= 0.3 is 0 Å². The van der Waals surface area contributed by atoms with Crippen LogP contribution in [0.5, 0.6) is 11.5 Å². The van der Waals surface area contributed by atoms with Crippen molar-refractivity contribution in [3.8, 4) is 11.5 Å². The molecule has 4 aromatic rings. The molecule has 0 spiro atoms. The van der Waals surface area contributed by atoms with Crippen LogP contribution in [0.4, 0.5) is 5.69 Å². The first kappa shape index (κ1) is 21.8. The number of nitro benzene ring substituents is 1. The van der Waals surface area contributed by atoms with Gasteiger partial charge in [0.2, 0.25) is 0 Å². The summed E-state index contributed by atoms with van der Waals surface area (Å²) in [6, 6.07) is 26.1. The number of rotatable bonds is 9. The van der Waals surface area contributed by atoms with Crippen molar-refractivity contribution >= 4 is 22.7 Å². The summed E-state index contributed by atoms with van der Waals surface area (Å²) >= 11 is 0. The molecule has 0 saturated heterocycles. The van der Waals surface area contributed by atoms with Gasteiger partial charge in [0.15, 0.2) is 11.5 Å². The molecule has 4 rings (SSSR count). The Morgan fingerprint density at radius 2 is 1.73 bits per heavy atom. The number of benzene rings is 4. The highest BCUT2D eigenvalue weighted by Crippen LogP contribution is 2.29. The Hall–Kier alpha value is -4.39. The summed E-state index contributed by atoms with van der Waals surface area (Å²) in [6.45, 7) is 0.541. The summed E-state index contributed by atoms with van der Waals surface area (Å²) in [6.07, 6.45) is 1.55. The van der Waals surface area contributed by atoms with Crippen molar-refractivity contribution in [2.45, 2.75) is 13.2 Å². The van der Waals surface area contributed by atoms with E-state index in [0.717, 1.165) is 16.5 Å². The maximum absolute atomic E-state index is 10.9. The Labute approximate surface area is 191 Å². The van der Waals surface area contributed by atoms with Crippen LogP contribution in [0.25, 0.3) is 10.8 Å². The van der Waals surface area contributed by atoms with Gasteiger partial charge in [0.05, 0.1) is 18.2 Å². The van der Waals surface area contributed by atoms with E-state index in [0.29, 0.717) is 23.7 Å². The van der Waals surface area contributed by atoms with Crippen LogP contribution in [0.2, 0.25) is 0 Å². The van der Waals surface area contributed by atoms with E-state index < -0.39 is 4.92 Å². The molecule has 0 aromatic heterocycles. The highest BCUT2D eigenvalue weighted by atomic mass is 16.6. The number of non-ortho nitro benzene ring substituents is 1. The Bertz CT molecular complexity index is 1300. The van der Waals surface area contributed by atoms with Crippen LogP contribution in [0.1, 0.15) is 16.7 Å². The molecular weight excluding hydrogens is 420 g/mol. The Morgan fingerprint density at radius 1 is 0.909 bits per heavy atom. The molecule has 4 aromatic carbocycles. The molecule has 0 bridgehead atoms. The van der Waals surface area contributed by atoms with Crippen LogP contribution in [0.15, 0.2) is 90.1 Å². The molecule has 0 heterocycles. The number of fused-ring (bicyclic) bond motifs is 1. The van der Waals surface area contributed by atoms with Crippen molar-refractivity contribution in [3.05, 3.63) is 112 Å². The molecule has 0 aliphatic rings. The molecule has 166 valence electrons. The average Bonchev–Trinajstić information content (AvgIpc) is 2.85. The van der Waals surface area contributed by atoms with E-state index in [-0.39, 0.29) is 12.3 Å². The first-order valence-electron chi connectivity index (χ1n) is 10.3. The van der Waals surface area contributed by atoms with Crippen LogP contribution in [0, 0.1) is 10.1 Å². The van der Waals surface area contributed by atoms with Crippen LogP contribution in [-0.4, -0.2) is 18.2 Å². The standard InChI is InChI=1S/C26H22N2O5/c1-31-26-15-19(16-27-33-17-20-6-4-10-23(14-20)28(29)30)12-13-25(26)32-18-22-9-5-8-21-7-2-3-11-24(21)22/h2-16H,17-18H2,1H3/b27-16-. The molecule has 0 fully saturated rings. The number of oxime groups is 1. The van der Waals surface area contributed by atoms with Crippen molar-refractivity contribution in [3.63, 3.8) is 0 Å². The van der Waals surface area contributed by atoms with Gasteiger partial charge < -0.3 is 14.3 Å². The molecule has 0 aliphatic carbocycles. The maximum Gasteiger partial charge on any atom is 0.269 e. The minimum Gasteiger partial charge on any atom is -0.493 e. The molecule has 0 amide bonds. The highest BCUT2D eigenvalue weighted by Gasteiger charge is 2.08. The molecule has 0 aliphatic heterocycles. The first-order valence-corrected chi connectivity index (χ1v) is 10.3. The van der Waals surface area contributed by atoms with Gasteiger partial charge in [-0.25, -0.2) is 0 Å². The number of hydrogen-bond donors (Lipinski definition) is 0. The normalized spacial score (nSPS) is 10.9. The van der Waals surface area contributed by atoms with Gasteiger partial charge in [-0.1, -0.05) is 59.8 Å². The molecule has 0 unspecified atom stereocenters. The lowest BCUT2D eigenvalue weighted by Gasteiger charge is -2.12. The van der Waals surface area contributed by atoms with Gasteiger partial charge in [-0.05, 0) is 40.1 Å². The van der Waals surface area contributed by atoms with Gasteiger partial charge in [0.25, 0.3) is 5.69 Å². The number of methoxy groups -OCH3 is 1. The first-order chi connectivity index (χ1) is 16.1. The molecule has 0 N–H and O–H groups in total. The lowest BCUT2D eigenvalue weighted by Crippen LogP contribution is -1.99. The van der Waals surface area contributed by atoms with E-state index >= 15 is 0 Å². The van der Waals surface area contributed by atoms with Crippen LogP contribution in [-0.2, 0) is 18.1 Å². The van der Waals surface area contributed by atoms with E-state index in [4.69, 9.17) is 14.3 Å². The lowest BCUT2D eigenvalue weighted by atomic mass is 10.1. The fraction of sp³-hybridized carbons (Fsp3) is 0.115.